The summed E-state index contributed by atoms with van der Waals surface area (Å²) in [6, 6.07) is 15.8. The van der Waals surface area contributed by atoms with Crippen molar-refractivity contribution in [1.82, 2.24) is 0 Å². The van der Waals surface area contributed by atoms with Gasteiger partial charge >= 0.3 is 0 Å². The summed E-state index contributed by atoms with van der Waals surface area (Å²) >= 11 is 0. The molecule has 0 aliphatic carbocycles. The van der Waals surface area contributed by atoms with Gasteiger partial charge in [0, 0.05) is 6.42 Å². The van der Waals surface area contributed by atoms with Gasteiger partial charge in [0.1, 0.15) is 11.5 Å². The molecular weight excluding hydrogens is 262 g/mol. The maximum Gasteiger partial charge on any atom is 0.142 e. The summed E-state index contributed by atoms with van der Waals surface area (Å²) in [5.41, 5.74) is 7.80. The van der Waals surface area contributed by atoms with Gasteiger partial charge in [-0.2, -0.15) is 0 Å². The van der Waals surface area contributed by atoms with Gasteiger partial charge in [0.05, 0.1) is 18.9 Å². The average Bonchev–Trinajstić information content (AvgIpc) is 2.49. The molecule has 0 aliphatic rings. The van der Waals surface area contributed by atoms with Gasteiger partial charge in [-0.1, -0.05) is 38.1 Å². The second-order valence-corrected chi connectivity index (χ2v) is 5.31. The summed E-state index contributed by atoms with van der Waals surface area (Å²) in [7, 11) is 0. The van der Waals surface area contributed by atoms with E-state index in [0.717, 1.165) is 17.9 Å². The van der Waals surface area contributed by atoms with Crippen molar-refractivity contribution in [2.45, 2.75) is 26.2 Å². The van der Waals surface area contributed by atoms with Gasteiger partial charge in [-0.15, -0.1) is 0 Å². The quantitative estimate of drug-likeness (QED) is 0.611. The number of rotatable bonds is 7. The first-order valence-electron chi connectivity index (χ1n) is 7.37. The van der Waals surface area contributed by atoms with Crippen molar-refractivity contribution in [1.29, 1.82) is 0 Å². The topological polar surface area (TPSA) is 44.5 Å². The van der Waals surface area contributed by atoms with E-state index in [2.05, 4.69) is 26.0 Å². The maximum atomic E-state index is 5.81. The molecule has 0 heterocycles. The van der Waals surface area contributed by atoms with Crippen molar-refractivity contribution in [2.75, 3.05) is 18.9 Å². The second kappa shape index (κ2) is 7.58. The Kier molecular flexibility index (Phi) is 5.50. The van der Waals surface area contributed by atoms with E-state index >= 15 is 0 Å². The first kappa shape index (κ1) is 15.2. The molecule has 2 aromatic rings. The van der Waals surface area contributed by atoms with Crippen LogP contribution in [0.3, 0.4) is 0 Å². The number of benzene rings is 2. The van der Waals surface area contributed by atoms with Crippen LogP contribution >= 0.6 is 0 Å². The lowest BCUT2D eigenvalue weighted by molar-refractivity contribution is 0.248. The molecule has 3 heteroatoms. The molecular formula is C18H23NO2. The highest BCUT2D eigenvalue weighted by Gasteiger charge is 2.00. The molecule has 0 bridgehead atoms. The molecule has 0 radical (unpaired) electrons. The van der Waals surface area contributed by atoms with Crippen molar-refractivity contribution in [3.05, 3.63) is 54.1 Å². The molecule has 2 rings (SSSR count). The highest BCUT2D eigenvalue weighted by molar-refractivity contribution is 5.51. The van der Waals surface area contributed by atoms with Crippen LogP contribution in [0, 0.1) is 0 Å². The van der Waals surface area contributed by atoms with Crippen molar-refractivity contribution < 1.29 is 9.47 Å². The molecule has 112 valence electrons. The van der Waals surface area contributed by atoms with Crippen LogP contribution in [0.2, 0.25) is 0 Å². The Morgan fingerprint density at radius 1 is 0.905 bits per heavy atom. The Balaban J connectivity index is 1.69. The van der Waals surface area contributed by atoms with E-state index in [0.29, 0.717) is 24.8 Å². The Bertz CT molecular complexity index is 549. The van der Waals surface area contributed by atoms with Crippen LogP contribution in [0.5, 0.6) is 11.5 Å². The third kappa shape index (κ3) is 4.71. The zero-order chi connectivity index (χ0) is 15.1. The van der Waals surface area contributed by atoms with Crippen LogP contribution in [-0.4, -0.2) is 13.2 Å². The highest BCUT2D eigenvalue weighted by atomic mass is 16.5. The first-order valence-corrected chi connectivity index (χ1v) is 7.37. The Labute approximate surface area is 126 Å². The van der Waals surface area contributed by atoms with Gasteiger partial charge in [0.2, 0.25) is 0 Å². The van der Waals surface area contributed by atoms with Crippen molar-refractivity contribution in [3.63, 3.8) is 0 Å². The highest BCUT2D eigenvalue weighted by Crippen LogP contribution is 2.20. The summed E-state index contributed by atoms with van der Waals surface area (Å²) in [6.07, 6.45) is 0.820. The molecule has 21 heavy (non-hydrogen) atoms. The molecule has 0 saturated heterocycles. The number of nitrogens with two attached hydrogens (primary N) is 1. The van der Waals surface area contributed by atoms with Crippen LogP contribution in [-0.2, 0) is 0 Å². The van der Waals surface area contributed by atoms with E-state index in [1.165, 1.54) is 5.56 Å². The smallest absolute Gasteiger partial charge is 0.142 e. The third-order valence-corrected chi connectivity index (χ3v) is 3.28. The zero-order valence-corrected chi connectivity index (χ0v) is 12.7. The maximum absolute atomic E-state index is 5.81. The Hall–Kier alpha value is -2.16. The van der Waals surface area contributed by atoms with Gasteiger partial charge in [-0.25, -0.2) is 0 Å². The SMILES string of the molecule is CC(C)c1ccc(OCCCOc2ccccc2N)cc1. The molecule has 2 aromatic carbocycles. The first-order chi connectivity index (χ1) is 10.2. The van der Waals surface area contributed by atoms with Gasteiger partial charge in [-0.05, 0) is 35.7 Å². The normalized spacial score (nSPS) is 10.6. The van der Waals surface area contributed by atoms with E-state index in [-0.39, 0.29) is 0 Å². The molecule has 2 N–H and O–H groups in total. The van der Waals surface area contributed by atoms with Crippen molar-refractivity contribution in [3.8, 4) is 11.5 Å². The standard InChI is InChI=1S/C18H23NO2/c1-14(2)15-8-10-16(11-9-15)20-12-5-13-21-18-7-4-3-6-17(18)19/h3-4,6-11,14H,5,12-13,19H2,1-2H3. The fourth-order valence-electron chi connectivity index (χ4n) is 1.99. The van der Waals surface area contributed by atoms with E-state index in [9.17, 15) is 0 Å². The Morgan fingerprint density at radius 3 is 2.24 bits per heavy atom. The fourth-order valence-corrected chi connectivity index (χ4v) is 1.99. The minimum absolute atomic E-state index is 0.545. The molecule has 0 amide bonds. The predicted octanol–water partition coefficient (Wildman–Crippen LogP) is 4.24. The number of anilines is 1. The number of hydrogen-bond donors (Lipinski definition) is 1. The van der Waals surface area contributed by atoms with Crippen LogP contribution in [0.1, 0.15) is 31.7 Å². The number of ether oxygens (including phenoxy) is 2. The monoisotopic (exact) mass is 285 g/mol. The Morgan fingerprint density at radius 2 is 1.57 bits per heavy atom. The number of nitrogen functional groups attached to an aromatic ring is 1. The lowest BCUT2D eigenvalue weighted by Gasteiger charge is -2.10. The molecule has 0 fully saturated rings. The average molecular weight is 285 g/mol. The van der Waals surface area contributed by atoms with Gasteiger partial charge in [0.15, 0.2) is 0 Å². The molecule has 0 spiro atoms. The predicted molar refractivity (Wildman–Crippen MR) is 87.0 cm³/mol. The number of para-hydroxylation sites is 2. The molecule has 0 aromatic heterocycles. The molecule has 0 unspecified atom stereocenters. The van der Waals surface area contributed by atoms with Crippen molar-refractivity contribution in [2.24, 2.45) is 0 Å². The molecule has 0 atom stereocenters. The molecule has 0 aliphatic heterocycles. The van der Waals surface area contributed by atoms with Crippen LogP contribution < -0.4 is 15.2 Å². The summed E-state index contributed by atoms with van der Waals surface area (Å²) in [5, 5.41) is 0. The fraction of sp³-hybridized carbons (Fsp3) is 0.333. The van der Waals surface area contributed by atoms with E-state index in [1.54, 1.807) is 0 Å². The van der Waals surface area contributed by atoms with Crippen LogP contribution in [0.4, 0.5) is 5.69 Å². The third-order valence-electron chi connectivity index (χ3n) is 3.28. The largest absolute Gasteiger partial charge is 0.493 e. The van der Waals surface area contributed by atoms with E-state index < -0.39 is 0 Å². The van der Waals surface area contributed by atoms with E-state index in [4.69, 9.17) is 15.2 Å². The minimum atomic E-state index is 0.545. The van der Waals surface area contributed by atoms with Gasteiger partial charge < -0.3 is 15.2 Å². The lowest BCUT2D eigenvalue weighted by atomic mass is 10.0. The second-order valence-electron chi connectivity index (χ2n) is 5.31. The lowest BCUT2D eigenvalue weighted by Crippen LogP contribution is -2.06. The molecule has 3 nitrogen and oxygen atoms in total. The van der Waals surface area contributed by atoms with Gasteiger partial charge in [0.25, 0.3) is 0 Å². The van der Waals surface area contributed by atoms with E-state index in [1.807, 2.05) is 36.4 Å². The molecule has 0 saturated carbocycles. The summed E-state index contributed by atoms with van der Waals surface area (Å²) in [5.74, 6) is 2.18. The van der Waals surface area contributed by atoms with Crippen LogP contribution in [0.15, 0.2) is 48.5 Å². The minimum Gasteiger partial charge on any atom is -0.493 e. The summed E-state index contributed by atoms with van der Waals surface area (Å²) in [4.78, 5) is 0. The van der Waals surface area contributed by atoms with Crippen molar-refractivity contribution >= 4 is 5.69 Å². The summed E-state index contributed by atoms with van der Waals surface area (Å²) in [6.45, 7) is 5.59. The van der Waals surface area contributed by atoms with Gasteiger partial charge in [-0.3, -0.25) is 0 Å². The number of hydrogen-bond acceptors (Lipinski definition) is 3. The van der Waals surface area contributed by atoms with Crippen LogP contribution in [0.25, 0.3) is 0 Å². The zero-order valence-electron chi connectivity index (χ0n) is 12.7. The summed E-state index contributed by atoms with van der Waals surface area (Å²) < 4.78 is 11.3.